The third kappa shape index (κ3) is 5.09. The summed E-state index contributed by atoms with van der Waals surface area (Å²) >= 11 is 0. The molecule has 0 unspecified atom stereocenters. The van der Waals surface area contributed by atoms with Crippen molar-refractivity contribution in [1.82, 2.24) is 15.5 Å². The van der Waals surface area contributed by atoms with Crippen molar-refractivity contribution in [2.45, 2.75) is 13.8 Å². The van der Waals surface area contributed by atoms with Gasteiger partial charge in [-0.05, 0) is 18.1 Å². The first-order valence-electron chi connectivity index (χ1n) is 5.98. The Morgan fingerprint density at radius 2 is 2.17 bits per heavy atom. The zero-order chi connectivity index (χ0) is 13.4. The monoisotopic (exact) mass is 252 g/mol. The Morgan fingerprint density at radius 1 is 1.39 bits per heavy atom. The number of rotatable bonds is 7. The van der Waals surface area contributed by atoms with Crippen LogP contribution in [0.1, 0.15) is 24.3 Å². The van der Waals surface area contributed by atoms with Gasteiger partial charge in [0.05, 0.1) is 6.61 Å². The van der Waals surface area contributed by atoms with Gasteiger partial charge < -0.3 is 15.4 Å². The van der Waals surface area contributed by atoms with Crippen molar-refractivity contribution in [3.8, 4) is 0 Å². The molecule has 1 rings (SSSR count). The van der Waals surface area contributed by atoms with Gasteiger partial charge >= 0.3 is 0 Å². The lowest BCUT2D eigenvalue weighted by Gasteiger charge is -2.07. The molecule has 0 aliphatic carbocycles. The number of nitrogens with one attached hydrogen (secondary N) is 2. The standard InChI is InChI=1S/C12H20N4O2/c1-9(2)8-14-11-5-4-10(15-16-11)12(17)13-6-7-18-3/h4-5,9H,6-8H2,1-3H3,(H,13,17)(H,14,16). The van der Waals surface area contributed by atoms with E-state index >= 15 is 0 Å². The summed E-state index contributed by atoms with van der Waals surface area (Å²) in [6.07, 6.45) is 0. The molecule has 18 heavy (non-hydrogen) atoms. The lowest BCUT2D eigenvalue weighted by Crippen LogP contribution is -2.28. The normalized spacial score (nSPS) is 10.4. The number of aromatic nitrogens is 2. The van der Waals surface area contributed by atoms with E-state index < -0.39 is 0 Å². The lowest BCUT2D eigenvalue weighted by atomic mass is 10.2. The first-order valence-corrected chi connectivity index (χ1v) is 5.98. The molecule has 0 aliphatic rings. The Kier molecular flexibility index (Phi) is 6.07. The Hall–Kier alpha value is -1.69. The number of carbonyl (C=O) groups is 1. The van der Waals surface area contributed by atoms with E-state index in [1.54, 1.807) is 19.2 Å². The summed E-state index contributed by atoms with van der Waals surface area (Å²) < 4.78 is 4.84. The average molecular weight is 252 g/mol. The van der Waals surface area contributed by atoms with Crippen LogP contribution in [0.4, 0.5) is 5.82 Å². The van der Waals surface area contributed by atoms with Crippen LogP contribution in [0.2, 0.25) is 0 Å². The maximum Gasteiger partial charge on any atom is 0.271 e. The van der Waals surface area contributed by atoms with Crippen LogP contribution in [-0.4, -0.2) is 42.9 Å². The number of ether oxygens (including phenoxy) is 1. The van der Waals surface area contributed by atoms with E-state index in [9.17, 15) is 4.79 Å². The molecule has 0 fully saturated rings. The highest BCUT2D eigenvalue weighted by atomic mass is 16.5. The highest BCUT2D eigenvalue weighted by Crippen LogP contribution is 2.03. The summed E-state index contributed by atoms with van der Waals surface area (Å²) in [5, 5.41) is 13.6. The topological polar surface area (TPSA) is 76.1 Å². The van der Waals surface area contributed by atoms with Gasteiger partial charge in [-0.1, -0.05) is 13.8 Å². The van der Waals surface area contributed by atoms with Crippen molar-refractivity contribution in [1.29, 1.82) is 0 Å². The molecule has 1 amide bonds. The molecule has 6 heteroatoms. The SMILES string of the molecule is COCCNC(=O)c1ccc(NCC(C)C)nn1. The van der Waals surface area contributed by atoms with Crippen molar-refractivity contribution >= 4 is 11.7 Å². The van der Waals surface area contributed by atoms with Gasteiger partial charge in [-0.25, -0.2) is 0 Å². The van der Waals surface area contributed by atoms with Crippen LogP contribution in [0.3, 0.4) is 0 Å². The van der Waals surface area contributed by atoms with Gasteiger partial charge in [0.2, 0.25) is 0 Å². The van der Waals surface area contributed by atoms with Gasteiger partial charge in [0, 0.05) is 20.2 Å². The van der Waals surface area contributed by atoms with Crippen molar-refractivity contribution in [2.24, 2.45) is 5.92 Å². The number of nitrogens with zero attached hydrogens (tertiary/aromatic N) is 2. The van der Waals surface area contributed by atoms with Gasteiger partial charge in [-0.3, -0.25) is 4.79 Å². The lowest BCUT2D eigenvalue weighted by molar-refractivity contribution is 0.0931. The summed E-state index contributed by atoms with van der Waals surface area (Å²) in [4.78, 5) is 11.6. The molecule has 1 aromatic rings. The number of hydrogen-bond acceptors (Lipinski definition) is 5. The first-order chi connectivity index (χ1) is 8.63. The van der Waals surface area contributed by atoms with Crippen LogP contribution in [-0.2, 0) is 4.74 Å². The van der Waals surface area contributed by atoms with Crippen LogP contribution in [0.15, 0.2) is 12.1 Å². The molecular weight excluding hydrogens is 232 g/mol. The minimum absolute atomic E-state index is 0.241. The Labute approximate surface area is 107 Å². The molecule has 0 atom stereocenters. The molecule has 1 aromatic heterocycles. The van der Waals surface area contributed by atoms with E-state index in [0.29, 0.717) is 30.6 Å². The van der Waals surface area contributed by atoms with E-state index in [-0.39, 0.29) is 5.91 Å². The van der Waals surface area contributed by atoms with E-state index in [0.717, 1.165) is 6.54 Å². The second-order valence-corrected chi connectivity index (χ2v) is 4.33. The fourth-order valence-electron chi connectivity index (χ4n) is 1.21. The number of carbonyl (C=O) groups excluding carboxylic acids is 1. The van der Waals surface area contributed by atoms with Crippen LogP contribution in [0.5, 0.6) is 0 Å². The van der Waals surface area contributed by atoms with Crippen LogP contribution < -0.4 is 10.6 Å². The largest absolute Gasteiger partial charge is 0.383 e. The van der Waals surface area contributed by atoms with E-state index in [1.807, 2.05) is 0 Å². The molecule has 0 bridgehead atoms. The molecular formula is C12H20N4O2. The molecule has 1 heterocycles. The van der Waals surface area contributed by atoms with Gasteiger partial charge in [0.25, 0.3) is 5.91 Å². The molecule has 0 aromatic carbocycles. The quantitative estimate of drug-likeness (QED) is 0.706. The number of hydrogen-bond donors (Lipinski definition) is 2. The van der Waals surface area contributed by atoms with E-state index in [4.69, 9.17) is 4.74 Å². The Balaban J connectivity index is 2.46. The van der Waals surface area contributed by atoms with Crippen molar-refractivity contribution < 1.29 is 9.53 Å². The fourth-order valence-corrected chi connectivity index (χ4v) is 1.21. The number of amides is 1. The third-order valence-corrected chi connectivity index (χ3v) is 2.18. The second-order valence-electron chi connectivity index (χ2n) is 4.33. The van der Waals surface area contributed by atoms with Crippen LogP contribution >= 0.6 is 0 Å². The molecule has 0 saturated heterocycles. The van der Waals surface area contributed by atoms with E-state index in [2.05, 4.69) is 34.7 Å². The zero-order valence-corrected chi connectivity index (χ0v) is 11.1. The van der Waals surface area contributed by atoms with Gasteiger partial charge in [0.15, 0.2) is 5.69 Å². The van der Waals surface area contributed by atoms with Crippen molar-refractivity contribution in [2.75, 3.05) is 32.1 Å². The highest BCUT2D eigenvalue weighted by Gasteiger charge is 2.07. The predicted molar refractivity (Wildman–Crippen MR) is 69.6 cm³/mol. The van der Waals surface area contributed by atoms with Gasteiger partial charge in [-0.2, -0.15) is 0 Å². The van der Waals surface area contributed by atoms with Crippen molar-refractivity contribution in [3.05, 3.63) is 17.8 Å². The molecule has 0 spiro atoms. The molecule has 6 nitrogen and oxygen atoms in total. The van der Waals surface area contributed by atoms with Crippen LogP contribution in [0, 0.1) is 5.92 Å². The van der Waals surface area contributed by atoms with Gasteiger partial charge in [-0.15, -0.1) is 10.2 Å². The fraction of sp³-hybridized carbons (Fsp3) is 0.583. The molecule has 2 N–H and O–H groups in total. The maximum absolute atomic E-state index is 11.6. The van der Waals surface area contributed by atoms with Gasteiger partial charge in [0.1, 0.15) is 5.82 Å². The minimum Gasteiger partial charge on any atom is -0.383 e. The minimum atomic E-state index is -0.241. The number of anilines is 1. The molecule has 0 radical (unpaired) electrons. The summed E-state index contributed by atoms with van der Waals surface area (Å²) in [5.74, 6) is 0.968. The Bertz CT molecular complexity index is 365. The third-order valence-electron chi connectivity index (χ3n) is 2.18. The average Bonchev–Trinajstić information content (AvgIpc) is 2.37. The number of methoxy groups -OCH3 is 1. The van der Waals surface area contributed by atoms with E-state index in [1.165, 1.54) is 0 Å². The Morgan fingerprint density at radius 3 is 2.72 bits per heavy atom. The maximum atomic E-state index is 11.6. The summed E-state index contributed by atoms with van der Waals surface area (Å²) in [6.45, 7) is 5.99. The first kappa shape index (κ1) is 14.4. The predicted octanol–water partition coefficient (Wildman–Crippen LogP) is 0.921. The second kappa shape index (κ2) is 7.60. The zero-order valence-electron chi connectivity index (χ0n) is 11.1. The summed E-state index contributed by atoms with van der Waals surface area (Å²) in [5.41, 5.74) is 0.307. The summed E-state index contributed by atoms with van der Waals surface area (Å²) in [7, 11) is 1.58. The molecule has 0 saturated carbocycles. The smallest absolute Gasteiger partial charge is 0.271 e. The van der Waals surface area contributed by atoms with Crippen LogP contribution in [0.25, 0.3) is 0 Å². The highest BCUT2D eigenvalue weighted by molar-refractivity contribution is 5.92. The van der Waals surface area contributed by atoms with Crippen molar-refractivity contribution in [3.63, 3.8) is 0 Å². The summed E-state index contributed by atoms with van der Waals surface area (Å²) in [6, 6.07) is 3.40. The molecule has 100 valence electrons. The molecule has 0 aliphatic heterocycles.